The minimum absolute atomic E-state index is 0.130. The minimum atomic E-state index is -0.438. The second-order valence-electron chi connectivity index (χ2n) is 11.2. The van der Waals surface area contributed by atoms with Gasteiger partial charge >= 0.3 is 12.2 Å². The minimum Gasteiger partial charge on any atom is -0.444 e. The number of ether oxygens (including phenoxy) is 2. The second kappa shape index (κ2) is 13.4. The van der Waals surface area contributed by atoms with Gasteiger partial charge in [0.25, 0.3) is 0 Å². The maximum absolute atomic E-state index is 11.9. The van der Waals surface area contributed by atoms with Gasteiger partial charge in [0.05, 0.1) is 12.1 Å². The molecule has 0 spiro atoms. The molecule has 2 rings (SSSR count). The lowest BCUT2D eigenvalue weighted by Crippen LogP contribution is -2.42. The molecule has 2 saturated heterocycles. The number of amides is 2. The Balaban J connectivity index is 0.000000342. The van der Waals surface area contributed by atoms with Crippen molar-refractivity contribution in [3.8, 4) is 12.1 Å². The van der Waals surface area contributed by atoms with Crippen molar-refractivity contribution in [3.63, 3.8) is 0 Å². The normalized spacial score (nSPS) is 18.6. The molecule has 2 fully saturated rings. The lowest BCUT2D eigenvalue weighted by Gasteiger charge is -2.34. The average molecular weight is 477 g/mol. The summed E-state index contributed by atoms with van der Waals surface area (Å²) >= 11 is 0. The third-order valence-corrected chi connectivity index (χ3v) is 6.01. The van der Waals surface area contributed by atoms with E-state index in [0.29, 0.717) is 44.4 Å². The van der Waals surface area contributed by atoms with Crippen LogP contribution in [0.25, 0.3) is 0 Å². The molecule has 8 nitrogen and oxygen atoms in total. The predicted octanol–water partition coefficient (Wildman–Crippen LogP) is 5.73. The standard InChI is InChI=1S/C14H24N2O2.C12H20N2O2/c1-5-11(10-15)12-6-8-16(9-7-12)13(17)18-14(2,3)4;1-12(2,3)16-11(15)14-8-5-10(4-7-13)6-9-14/h11-12H,5-9H2,1-4H3;10H,4-6,8-9H2,1-3H3. The van der Waals surface area contributed by atoms with Gasteiger partial charge in [0.2, 0.25) is 0 Å². The Hall–Kier alpha value is -2.48. The van der Waals surface area contributed by atoms with Crippen molar-refractivity contribution >= 4 is 12.2 Å². The molecule has 1 atom stereocenters. The topological polar surface area (TPSA) is 107 Å². The third-order valence-electron chi connectivity index (χ3n) is 6.01. The van der Waals surface area contributed by atoms with Gasteiger partial charge in [-0.15, -0.1) is 0 Å². The molecule has 2 amide bonds. The molecule has 2 heterocycles. The number of rotatable bonds is 3. The molecule has 0 N–H and O–H groups in total. The van der Waals surface area contributed by atoms with Crippen molar-refractivity contribution in [2.45, 2.75) is 98.2 Å². The summed E-state index contributed by atoms with van der Waals surface area (Å²) in [5, 5.41) is 17.6. The molecule has 34 heavy (non-hydrogen) atoms. The van der Waals surface area contributed by atoms with Crippen LogP contribution in [0.5, 0.6) is 0 Å². The van der Waals surface area contributed by atoms with E-state index < -0.39 is 11.2 Å². The monoisotopic (exact) mass is 476 g/mol. The third kappa shape index (κ3) is 11.1. The van der Waals surface area contributed by atoms with Gasteiger partial charge in [-0.2, -0.15) is 10.5 Å². The fourth-order valence-electron chi connectivity index (χ4n) is 4.12. The van der Waals surface area contributed by atoms with E-state index in [1.807, 2.05) is 48.5 Å². The molecule has 2 aliphatic heterocycles. The molecule has 8 heteroatoms. The molecule has 0 aromatic heterocycles. The molecule has 2 aliphatic rings. The van der Waals surface area contributed by atoms with Crippen molar-refractivity contribution in [3.05, 3.63) is 0 Å². The molecule has 0 aromatic carbocycles. The molecule has 0 radical (unpaired) electrons. The Morgan fingerprint density at radius 1 is 0.853 bits per heavy atom. The first kappa shape index (κ1) is 29.6. The number of carbonyl (C=O) groups excluding carboxylic acids is 2. The Bertz CT molecular complexity index is 726. The van der Waals surface area contributed by atoms with Gasteiger partial charge in [0, 0.05) is 38.5 Å². The van der Waals surface area contributed by atoms with E-state index in [1.165, 1.54) is 0 Å². The smallest absolute Gasteiger partial charge is 0.410 e. The zero-order chi connectivity index (χ0) is 25.9. The van der Waals surface area contributed by atoms with E-state index in [0.717, 1.165) is 32.1 Å². The summed E-state index contributed by atoms with van der Waals surface area (Å²) in [4.78, 5) is 27.1. The van der Waals surface area contributed by atoms with Crippen LogP contribution in [-0.2, 0) is 9.47 Å². The molecule has 0 aromatic rings. The van der Waals surface area contributed by atoms with Gasteiger partial charge in [-0.1, -0.05) is 6.92 Å². The number of likely N-dealkylation sites (tertiary alicyclic amines) is 2. The van der Waals surface area contributed by atoms with Gasteiger partial charge < -0.3 is 19.3 Å². The highest BCUT2D eigenvalue weighted by molar-refractivity contribution is 5.68. The van der Waals surface area contributed by atoms with Crippen LogP contribution >= 0.6 is 0 Å². The summed E-state index contributed by atoms with van der Waals surface area (Å²) in [6, 6.07) is 4.55. The Kier molecular flexibility index (Phi) is 11.7. The maximum Gasteiger partial charge on any atom is 0.410 e. The van der Waals surface area contributed by atoms with E-state index in [2.05, 4.69) is 12.1 Å². The summed E-state index contributed by atoms with van der Waals surface area (Å²) in [6.07, 6.45) is 4.67. The first-order valence-electron chi connectivity index (χ1n) is 12.5. The fourth-order valence-corrected chi connectivity index (χ4v) is 4.12. The number of nitriles is 2. The quantitative estimate of drug-likeness (QED) is 0.515. The van der Waals surface area contributed by atoms with E-state index in [9.17, 15) is 9.59 Å². The first-order chi connectivity index (χ1) is 15.8. The van der Waals surface area contributed by atoms with Crippen molar-refractivity contribution in [1.82, 2.24) is 9.80 Å². The lowest BCUT2D eigenvalue weighted by molar-refractivity contribution is 0.0164. The van der Waals surface area contributed by atoms with E-state index >= 15 is 0 Å². The number of piperidine rings is 2. The Morgan fingerprint density at radius 3 is 1.59 bits per heavy atom. The highest BCUT2D eigenvalue weighted by Crippen LogP contribution is 2.27. The van der Waals surface area contributed by atoms with Crippen molar-refractivity contribution in [2.24, 2.45) is 17.8 Å². The van der Waals surface area contributed by atoms with E-state index in [1.54, 1.807) is 9.80 Å². The Labute approximate surface area is 206 Å². The summed E-state index contributed by atoms with van der Waals surface area (Å²) in [7, 11) is 0. The molecule has 0 aliphatic carbocycles. The van der Waals surface area contributed by atoms with Crippen LogP contribution in [0.2, 0.25) is 0 Å². The zero-order valence-corrected chi connectivity index (χ0v) is 22.2. The highest BCUT2D eigenvalue weighted by atomic mass is 16.6. The zero-order valence-electron chi connectivity index (χ0n) is 22.2. The molecule has 0 saturated carbocycles. The van der Waals surface area contributed by atoms with Crippen molar-refractivity contribution in [1.29, 1.82) is 10.5 Å². The number of nitrogens with zero attached hydrogens (tertiary/aromatic N) is 4. The molecule has 0 bridgehead atoms. The van der Waals surface area contributed by atoms with Gasteiger partial charge in [0.1, 0.15) is 11.2 Å². The van der Waals surface area contributed by atoms with E-state index in [-0.39, 0.29) is 18.1 Å². The first-order valence-corrected chi connectivity index (χ1v) is 12.5. The molecular weight excluding hydrogens is 432 g/mol. The van der Waals surface area contributed by atoms with Crippen LogP contribution in [-0.4, -0.2) is 59.4 Å². The average Bonchev–Trinajstić information content (AvgIpc) is 2.74. The molecule has 1 unspecified atom stereocenters. The Morgan fingerprint density at radius 2 is 1.26 bits per heavy atom. The summed E-state index contributed by atoms with van der Waals surface area (Å²) in [5.41, 5.74) is -0.868. The van der Waals surface area contributed by atoms with Crippen LogP contribution in [0.4, 0.5) is 9.59 Å². The van der Waals surface area contributed by atoms with Crippen LogP contribution in [0.1, 0.15) is 87.0 Å². The number of carbonyl (C=O) groups is 2. The lowest BCUT2D eigenvalue weighted by atomic mass is 9.84. The van der Waals surface area contributed by atoms with Crippen molar-refractivity contribution < 1.29 is 19.1 Å². The van der Waals surface area contributed by atoms with Gasteiger partial charge in [-0.25, -0.2) is 9.59 Å². The summed E-state index contributed by atoms with van der Waals surface area (Å²) < 4.78 is 10.6. The second-order valence-corrected chi connectivity index (χ2v) is 11.2. The van der Waals surface area contributed by atoms with Gasteiger partial charge in [0.15, 0.2) is 0 Å². The maximum atomic E-state index is 11.9. The van der Waals surface area contributed by atoms with Crippen LogP contribution in [0, 0.1) is 40.4 Å². The summed E-state index contributed by atoms with van der Waals surface area (Å²) in [5.74, 6) is 1.01. The largest absolute Gasteiger partial charge is 0.444 e. The van der Waals surface area contributed by atoms with Crippen LogP contribution in [0.15, 0.2) is 0 Å². The summed E-state index contributed by atoms with van der Waals surface area (Å²) in [6.45, 7) is 16.1. The molecular formula is C26H44N4O4. The number of hydrogen-bond donors (Lipinski definition) is 0. The van der Waals surface area contributed by atoms with Gasteiger partial charge in [-0.05, 0) is 85.5 Å². The van der Waals surface area contributed by atoms with Gasteiger partial charge in [-0.3, -0.25) is 0 Å². The SMILES string of the molecule is CC(C)(C)OC(=O)N1CCC(CC#N)CC1.CCC(C#N)C1CCN(C(=O)OC(C)(C)C)CC1. The van der Waals surface area contributed by atoms with Crippen molar-refractivity contribution in [2.75, 3.05) is 26.2 Å². The highest BCUT2D eigenvalue weighted by Gasteiger charge is 2.30. The number of hydrogen-bond acceptors (Lipinski definition) is 6. The fraction of sp³-hybridized carbons (Fsp3) is 0.846. The van der Waals surface area contributed by atoms with Crippen LogP contribution in [0.3, 0.4) is 0 Å². The molecule has 192 valence electrons. The predicted molar refractivity (Wildman–Crippen MR) is 131 cm³/mol. The van der Waals surface area contributed by atoms with Crippen LogP contribution < -0.4 is 0 Å². The van der Waals surface area contributed by atoms with E-state index in [4.69, 9.17) is 20.0 Å².